The standard InChI is InChI=1S/C8H13FO2/c1-3-4-7(8(10)11)5-6(2)9/h7H,2-5H2,1H3,(H,10,11). The molecule has 0 radical (unpaired) electrons. The molecule has 0 bridgehead atoms. The van der Waals surface area contributed by atoms with E-state index in [0.29, 0.717) is 6.42 Å². The summed E-state index contributed by atoms with van der Waals surface area (Å²) in [7, 11) is 0. The fourth-order valence-corrected chi connectivity index (χ4v) is 0.929. The van der Waals surface area contributed by atoms with E-state index in [-0.39, 0.29) is 6.42 Å². The SMILES string of the molecule is C=C(F)CC(CCC)C(=O)O. The van der Waals surface area contributed by atoms with Crippen LogP contribution in [0.1, 0.15) is 26.2 Å². The Hall–Kier alpha value is -0.860. The monoisotopic (exact) mass is 160 g/mol. The summed E-state index contributed by atoms with van der Waals surface area (Å²) < 4.78 is 12.2. The molecular weight excluding hydrogens is 147 g/mol. The van der Waals surface area contributed by atoms with Crippen LogP contribution in [0.15, 0.2) is 12.4 Å². The van der Waals surface area contributed by atoms with Crippen molar-refractivity contribution in [2.24, 2.45) is 5.92 Å². The first-order chi connectivity index (χ1) is 5.07. The van der Waals surface area contributed by atoms with E-state index < -0.39 is 17.7 Å². The fourth-order valence-electron chi connectivity index (χ4n) is 0.929. The molecule has 3 heteroatoms. The van der Waals surface area contributed by atoms with Crippen molar-refractivity contribution in [3.63, 3.8) is 0 Å². The molecule has 0 spiro atoms. The highest BCUT2D eigenvalue weighted by atomic mass is 19.1. The topological polar surface area (TPSA) is 37.3 Å². The van der Waals surface area contributed by atoms with E-state index in [1.807, 2.05) is 6.92 Å². The van der Waals surface area contributed by atoms with Gasteiger partial charge >= 0.3 is 5.97 Å². The number of aliphatic carboxylic acids is 1. The zero-order chi connectivity index (χ0) is 8.85. The van der Waals surface area contributed by atoms with Crippen molar-refractivity contribution in [2.45, 2.75) is 26.2 Å². The molecule has 2 nitrogen and oxygen atoms in total. The Kier molecular flexibility index (Phi) is 4.50. The van der Waals surface area contributed by atoms with E-state index in [1.54, 1.807) is 0 Å². The maximum Gasteiger partial charge on any atom is 0.306 e. The van der Waals surface area contributed by atoms with Crippen molar-refractivity contribution in [1.29, 1.82) is 0 Å². The van der Waals surface area contributed by atoms with Gasteiger partial charge in [-0.15, -0.1) is 0 Å². The minimum Gasteiger partial charge on any atom is -0.481 e. The second-order valence-electron chi connectivity index (χ2n) is 2.55. The lowest BCUT2D eigenvalue weighted by atomic mass is 10.00. The van der Waals surface area contributed by atoms with Crippen molar-refractivity contribution >= 4 is 5.97 Å². The van der Waals surface area contributed by atoms with E-state index in [0.717, 1.165) is 6.42 Å². The van der Waals surface area contributed by atoms with E-state index in [2.05, 4.69) is 6.58 Å². The molecule has 0 aromatic rings. The van der Waals surface area contributed by atoms with Gasteiger partial charge in [0.1, 0.15) is 0 Å². The predicted octanol–water partition coefficient (Wildman–Crippen LogP) is 2.36. The summed E-state index contributed by atoms with van der Waals surface area (Å²) >= 11 is 0. The Morgan fingerprint density at radius 1 is 1.73 bits per heavy atom. The number of carbonyl (C=O) groups is 1. The van der Waals surface area contributed by atoms with Crippen molar-refractivity contribution in [3.8, 4) is 0 Å². The van der Waals surface area contributed by atoms with E-state index in [4.69, 9.17) is 5.11 Å². The van der Waals surface area contributed by atoms with Crippen LogP contribution < -0.4 is 0 Å². The van der Waals surface area contributed by atoms with Crippen LogP contribution in [-0.4, -0.2) is 11.1 Å². The summed E-state index contributed by atoms with van der Waals surface area (Å²) in [6.45, 7) is 4.90. The summed E-state index contributed by atoms with van der Waals surface area (Å²) in [5.41, 5.74) is 0. The highest BCUT2D eigenvalue weighted by Crippen LogP contribution is 2.16. The molecule has 0 saturated carbocycles. The summed E-state index contributed by atoms with van der Waals surface area (Å²) in [6, 6.07) is 0. The van der Waals surface area contributed by atoms with Crippen LogP contribution in [0.25, 0.3) is 0 Å². The largest absolute Gasteiger partial charge is 0.481 e. The maximum absolute atomic E-state index is 12.2. The summed E-state index contributed by atoms with van der Waals surface area (Å²) in [5.74, 6) is -2.09. The Morgan fingerprint density at radius 3 is 2.55 bits per heavy atom. The van der Waals surface area contributed by atoms with Gasteiger partial charge in [-0.2, -0.15) is 0 Å². The molecule has 11 heavy (non-hydrogen) atoms. The molecule has 1 atom stereocenters. The van der Waals surface area contributed by atoms with Crippen LogP contribution >= 0.6 is 0 Å². The Bertz CT molecular complexity index is 154. The van der Waals surface area contributed by atoms with Gasteiger partial charge in [0.15, 0.2) is 0 Å². The van der Waals surface area contributed by atoms with E-state index in [9.17, 15) is 9.18 Å². The molecule has 1 N–H and O–H groups in total. The molecule has 0 saturated heterocycles. The minimum absolute atomic E-state index is 0.0524. The number of hydrogen-bond acceptors (Lipinski definition) is 1. The van der Waals surface area contributed by atoms with Crippen molar-refractivity contribution < 1.29 is 14.3 Å². The molecule has 0 aliphatic rings. The average molecular weight is 160 g/mol. The normalized spacial score (nSPS) is 12.5. The highest BCUT2D eigenvalue weighted by molar-refractivity contribution is 5.70. The number of allylic oxidation sites excluding steroid dienone is 1. The first-order valence-electron chi connectivity index (χ1n) is 3.64. The number of halogens is 1. The lowest BCUT2D eigenvalue weighted by molar-refractivity contribution is -0.142. The summed E-state index contributed by atoms with van der Waals surface area (Å²) in [4.78, 5) is 10.4. The van der Waals surface area contributed by atoms with Crippen LogP contribution in [0.2, 0.25) is 0 Å². The Labute approximate surface area is 65.7 Å². The zero-order valence-corrected chi connectivity index (χ0v) is 6.64. The lowest BCUT2D eigenvalue weighted by Crippen LogP contribution is -2.13. The summed E-state index contributed by atoms with van der Waals surface area (Å²) in [5, 5.41) is 8.55. The quantitative estimate of drug-likeness (QED) is 0.670. The van der Waals surface area contributed by atoms with Gasteiger partial charge in [-0.25, -0.2) is 4.39 Å². The predicted molar refractivity (Wildman–Crippen MR) is 40.9 cm³/mol. The fraction of sp³-hybridized carbons (Fsp3) is 0.625. The molecule has 0 heterocycles. The molecule has 0 aliphatic heterocycles. The van der Waals surface area contributed by atoms with Crippen LogP contribution in [0.4, 0.5) is 4.39 Å². The zero-order valence-electron chi connectivity index (χ0n) is 6.64. The van der Waals surface area contributed by atoms with Gasteiger partial charge in [0.25, 0.3) is 0 Å². The molecule has 0 aromatic carbocycles. The second-order valence-corrected chi connectivity index (χ2v) is 2.55. The molecular formula is C8H13FO2. The van der Waals surface area contributed by atoms with Crippen LogP contribution in [-0.2, 0) is 4.79 Å². The smallest absolute Gasteiger partial charge is 0.306 e. The van der Waals surface area contributed by atoms with Crippen LogP contribution in [0.5, 0.6) is 0 Å². The third-order valence-corrected chi connectivity index (χ3v) is 1.45. The van der Waals surface area contributed by atoms with Gasteiger partial charge in [-0.05, 0) is 6.42 Å². The van der Waals surface area contributed by atoms with Gasteiger partial charge in [0, 0.05) is 6.42 Å². The number of carboxylic acid groups (broad SMARTS) is 1. The number of carboxylic acids is 1. The van der Waals surface area contributed by atoms with Gasteiger partial charge < -0.3 is 5.11 Å². The molecule has 1 unspecified atom stereocenters. The van der Waals surface area contributed by atoms with Crippen molar-refractivity contribution in [3.05, 3.63) is 12.4 Å². The minimum atomic E-state index is -0.939. The van der Waals surface area contributed by atoms with Gasteiger partial charge in [0.2, 0.25) is 0 Å². The number of rotatable bonds is 5. The average Bonchev–Trinajstić information content (AvgIpc) is 1.86. The molecule has 0 fully saturated rings. The summed E-state index contributed by atoms with van der Waals surface area (Å²) in [6.07, 6.45) is 1.21. The van der Waals surface area contributed by atoms with Crippen molar-refractivity contribution in [1.82, 2.24) is 0 Å². The van der Waals surface area contributed by atoms with E-state index in [1.165, 1.54) is 0 Å². The Morgan fingerprint density at radius 2 is 2.27 bits per heavy atom. The molecule has 0 rings (SSSR count). The molecule has 0 aliphatic carbocycles. The maximum atomic E-state index is 12.2. The third kappa shape index (κ3) is 4.53. The second kappa shape index (κ2) is 4.88. The number of hydrogen-bond donors (Lipinski definition) is 1. The Balaban J connectivity index is 3.89. The third-order valence-electron chi connectivity index (χ3n) is 1.45. The molecule has 64 valence electrons. The van der Waals surface area contributed by atoms with Gasteiger partial charge in [-0.1, -0.05) is 19.9 Å². The van der Waals surface area contributed by atoms with Gasteiger partial charge in [0.05, 0.1) is 11.7 Å². The van der Waals surface area contributed by atoms with Crippen molar-refractivity contribution in [2.75, 3.05) is 0 Å². The van der Waals surface area contributed by atoms with Gasteiger partial charge in [-0.3, -0.25) is 4.79 Å². The highest BCUT2D eigenvalue weighted by Gasteiger charge is 2.16. The first-order valence-corrected chi connectivity index (χ1v) is 3.64. The van der Waals surface area contributed by atoms with Crippen LogP contribution in [0.3, 0.4) is 0 Å². The van der Waals surface area contributed by atoms with E-state index >= 15 is 0 Å². The molecule has 0 aromatic heterocycles. The first kappa shape index (κ1) is 10.1. The van der Waals surface area contributed by atoms with Crippen LogP contribution in [0, 0.1) is 5.92 Å². The molecule has 0 amide bonds. The lowest BCUT2D eigenvalue weighted by Gasteiger charge is -2.07.